The van der Waals surface area contributed by atoms with Gasteiger partial charge in [-0.1, -0.05) is 158 Å². The Labute approximate surface area is 596 Å². The van der Waals surface area contributed by atoms with E-state index in [1.54, 1.807) is 24.8 Å². The molecule has 0 aliphatic heterocycles. The first kappa shape index (κ1) is 60.8. The largest absolute Gasteiger partial charge is 0.455 e. The molecule has 488 valence electrons. The van der Waals surface area contributed by atoms with Crippen LogP contribution >= 0.6 is 0 Å². The zero-order valence-corrected chi connectivity index (χ0v) is 55.8. The van der Waals surface area contributed by atoms with Crippen LogP contribution in [0.25, 0.3) is 190 Å². The third kappa shape index (κ3) is 11.3. The molecule has 0 aliphatic carbocycles. The third-order valence-corrected chi connectivity index (χ3v) is 19.3. The second-order valence-corrected chi connectivity index (χ2v) is 25.5. The molecule has 0 unspecified atom stereocenters. The molecule has 0 spiro atoms. The molecule has 20 aromatic rings. The summed E-state index contributed by atoms with van der Waals surface area (Å²) in [6, 6.07) is 105. The van der Waals surface area contributed by atoms with Crippen molar-refractivity contribution in [2.24, 2.45) is 0 Å². The topological polar surface area (TPSA) is 139 Å². The lowest BCUT2D eigenvalue weighted by Gasteiger charge is -2.12. The van der Waals surface area contributed by atoms with Crippen LogP contribution in [0.15, 0.2) is 362 Å². The molecule has 0 fully saturated rings. The van der Waals surface area contributed by atoms with Gasteiger partial charge < -0.3 is 18.0 Å². The first-order valence-corrected chi connectivity index (χ1v) is 34.4. The zero-order valence-electron chi connectivity index (χ0n) is 55.8. The van der Waals surface area contributed by atoms with Crippen molar-refractivity contribution in [2.45, 2.75) is 0 Å². The van der Waals surface area contributed by atoms with E-state index >= 15 is 0 Å². The summed E-state index contributed by atoms with van der Waals surface area (Å²) in [6.07, 6.45) is 14.4. The highest BCUT2D eigenvalue weighted by molar-refractivity contribution is 6.21. The quantitative estimate of drug-likeness (QED) is 0.116. The van der Waals surface area contributed by atoms with Gasteiger partial charge in [-0.15, -0.1) is 0 Å². The maximum Gasteiger partial charge on any atom is 0.160 e. The smallest absolute Gasteiger partial charge is 0.160 e. The predicted molar refractivity (Wildman–Crippen MR) is 418 cm³/mol. The van der Waals surface area contributed by atoms with Gasteiger partial charge in [-0.2, -0.15) is 0 Å². The summed E-state index contributed by atoms with van der Waals surface area (Å²) in [5.74, 6) is 3.03. The van der Waals surface area contributed by atoms with Crippen LogP contribution in [-0.2, 0) is 0 Å². The summed E-state index contributed by atoms with van der Waals surface area (Å²) in [6.45, 7) is 0. The molecule has 10 heterocycles. The van der Waals surface area contributed by atoms with E-state index in [0.717, 1.165) is 178 Å². The highest BCUT2D eigenvalue weighted by atomic mass is 16.3. The Kier molecular flexibility index (Phi) is 15.2. The standard InChI is InChI=1S/2C46H29N5O/c1-2-6-34(7-3-1)43-28-36-16-19-42-44(45(36)52-43)38-8-4-5-9-41(38)51(42)37-17-14-35(15-18-37)46-49-39(29-40(50-46)33-22-26-48-27-23-33)32-12-10-30(11-13-32)31-20-24-47-25-21-31;1-2-6-34(7-3-1)43-28-36-16-19-42-44(45(36)52-43)38-8-4-5-9-41(38)51(42)37-17-14-33(15-18-37)40-29-39(49-46(50-40)35-22-26-48-27-23-35)32-12-10-30(11-13-32)31-20-24-47-25-21-31/h2*1-29H. The van der Waals surface area contributed by atoms with Crippen molar-refractivity contribution in [1.82, 2.24) is 49.0 Å². The molecular formula is C92H58N10O2. The van der Waals surface area contributed by atoms with E-state index in [-0.39, 0.29) is 0 Å². The van der Waals surface area contributed by atoms with Crippen molar-refractivity contribution >= 4 is 65.6 Å². The first-order valence-electron chi connectivity index (χ1n) is 34.4. The number of rotatable bonds is 12. The number of hydrogen-bond donors (Lipinski definition) is 0. The predicted octanol–water partition coefficient (Wildman–Crippen LogP) is 22.9. The second-order valence-electron chi connectivity index (χ2n) is 25.5. The van der Waals surface area contributed by atoms with Crippen molar-refractivity contribution in [3.8, 4) is 124 Å². The molecule has 20 rings (SSSR count). The van der Waals surface area contributed by atoms with Crippen LogP contribution in [0, 0.1) is 0 Å². The van der Waals surface area contributed by atoms with E-state index in [2.05, 4.69) is 241 Å². The van der Waals surface area contributed by atoms with Gasteiger partial charge in [-0.05, 0) is 168 Å². The number of benzene rings is 10. The first-order chi connectivity index (χ1) is 51.5. The SMILES string of the molecule is c1ccc(-c2cc3ccc4c(c5ccccc5n4-c4ccc(-c5cc(-c6ccc(-c7ccncc7)cc6)nc(-c6ccncc6)n5)cc4)c3o2)cc1.c1ccc(-c2cc3ccc4c(c5ccccc5n4-c4ccc(-c5nc(-c6ccncc6)cc(-c6ccc(-c7ccncc7)cc6)n5)cc4)c3o2)cc1. The lowest BCUT2D eigenvalue weighted by atomic mass is 10.0. The molecule has 104 heavy (non-hydrogen) atoms. The van der Waals surface area contributed by atoms with Gasteiger partial charge in [0.15, 0.2) is 11.6 Å². The van der Waals surface area contributed by atoms with Crippen LogP contribution in [0.1, 0.15) is 0 Å². The second kappa shape index (κ2) is 26.1. The Morgan fingerprint density at radius 2 is 0.519 bits per heavy atom. The lowest BCUT2D eigenvalue weighted by molar-refractivity contribution is 0.635. The summed E-state index contributed by atoms with van der Waals surface area (Å²) in [7, 11) is 0. The average molecular weight is 1340 g/mol. The van der Waals surface area contributed by atoms with Gasteiger partial charge in [0.05, 0.1) is 55.6 Å². The molecule has 12 heteroatoms. The number of para-hydroxylation sites is 2. The maximum absolute atomic E-state index is 6.59. The van der Waals surface area contributed by atoms with Crippen LogP contribution in [0.2, 0.25) is 0 Å². The maximum atomic E-state index is 6.59. The van der Waals surface area contributed by atoms with Crippen molar-refractivity contribution in [1.29, 1.82) is 0 Å². The molecule has 0 N–H and O–H groups in total. The van der Waals surface area contributed by atoms with Crippen molar-refractivity contribution in [3.63, 3.8) is 0 Å². The van der Waals surface area contributed by atoms with Gasteiger partial charge in [-0.25, -0.2) is 19.9 Å². The van der Waals surface area contributed by atoms with E-state index in [4.69, 9.17) is 28.8 Å². The molecule has 10 aromatic heterocycles. The van der Waals surface area contributed by atoms with E-state index in [1.807, 2.05) is 116 Å². The van der Waals surface area contributed by atoms with Crippen LogP contribution < -0.4 is 0 Å². The van der Waals surface area contributed by atoms with Crippen molar-refractivity contribution in [3.05, 3.63) is 353 Å². The average Bonchev–Trinajstić information content (AvgIpc) is 1.57. The van der Waals surface area contributed by atoms with E-state index in [9.17, 15) is 0 Å². The summed E-state index contributed by atoms with van der Waals surface area (Å²) < 4.78 is 17.8. The van der Waals surface area contributed by atoms with Gasteiger partial charge in [-0.3, -0.25) is 19.9 Å². The minimum Gasteiger partial charge on any atom is -0.455 e. The van der Waals surface area contributed by atoms with Gasteiger partial charge >= 0.3 is 0 Å². The normalized spacial score (nSPS) is 11.5. The molecule has 0 bridgehead atoms. The molecule has 0 saturated carbocycles. The molecule has 10 aromatic carbocycles. The van der Waals surface area contributed by atoms with Crippen molar-refractivity contribution < 1.29 is 8.83 Å². The minimum atomic E-state index is 0.650. The fraction of sp³-hybridized carbons (Fsp3) is 0. The van der Waals surface area contributed by atoms with E-state index < -0.39 is 0 Å². The fourth-order valence-corrected chi connectivity index (χ4v) is 14.2. The van der Waals surface area contributed by atoms with Gasteiger partial charge in [0.1, 0.15) is 22.7 Å². The number of nitrogens with zero attached hydrogens (tertiary/aromatic N) is 10. The van der Waals surface area contributed by atoms with Crippen LogP contribution in [0.5, 0.6) is 0 Å². The highest BCUT2D eigenvalue weighted by Gasteiger charge is 2.22. The van der Waals surface area contributed by atoms with Gasteiger partial charge in [0.25, 0.3) is 0 Å². The molecule has 0 saturated heterocycles. The Balaban J connectivity index is 0.000000143. The van der Waals surface area contributed by atoms with Crippen LogP contribution in [-0.4, -0.2) is 49.0 Å². The number of aromatic nitrogens is 10. The Bertz CT molecular complexity index is 6130. The van der Waals surface area contributed by atoms with Gasteiger partial charge in [0, 0.05) is 127 Å². The molecule has 0 atom stereocenters. The Hall–Kier alpha value is -14.4. The molecule has 0 radical (unpaired) electrons. The van der Waals surface area contributed by atoms with Gasteiger partial charge in [0.2, 0.25) is 0 Å². The molecule has 0 amide bonds. The van der Waals surface area contributed by atoms with E-state index in [0.29, 0.717) is 11.6 Å². The van der Waals surface area contributed by atoms with E-state index in [1.165, 1.54) is 0 Å². The summed E-state index contributed by atoms with van der Waals surface area (Å²) in [5, 5.41) is 6.68. The zero-order chi connectivity index (χ0) is 68.9. The number of furan rings is 2. The summed E-state index contributed by atoms with van der Waals surface area (Å²) in [5.41, 5.74) is 24.1. The number of pyridine rings is 4. The summed E-state index contributed by atoms with van der Waals surface area (Å²) in [4.78, 5) is 37.0. The Morgan fingerprint density at radius 3 is 0.913 bits per heavy atom. The molecular weight excluding hydrogens is 1280 g/mol. The highest BCUT2D eigenvalue weighted by Crippen LogP contribution is 2.43. The lowest BCUT2D eigenvalue weighted by Crippen LogP contribution is -1.97. The Morgan fingerprint density at radius 1 is 0.221 bits per heavy atom. The van der Waals surface area contributed by atoms with Crippen molar-refractivity contribution in [2.75, 3.05) is 0 Å². The number of hydrogen-bond acceptors (Lipinski definition) is 10. The monoisotopic (exact) mass is 1330 g/mol. The summed E-state index contributed by atoms with van der Waals surface area (Å²) >= 11 is 0. The molecule has 0 aliphatic rings. The third-order valence-electron chi connectivity index (χ3n) is 19.3. The number of fused-ring (bicyclic) bond motifs is 10. The van der Waals surface area contributed by atoms with Crippen LogP contribution in [0.3, 0.4) is 0 Å². The fourth-order valence-electron chi connectivity index (χ4n) is 14.2. The minimum absolute atomic E-state index is 0.650. The van der Waals surface area contributed by atoms with Crippen LogP contribution in [0.4, 0.5) is 0 Å². The molecule has 12 nitrogen and oxygen atoms in total.